The van der Waals surface area contributed by atoms with Crippen LogP contribution < -0.4 is 16.2 Å². The second kappa shape index (κ2) is 10.4. The summed E-state index contributed by atoms with van der Waals surface area (Å²) in [4.78, 5) is 41.8. The molecule has 12 heteroatoms. The Hall–Kier alpha value is -4.97. The second-order valence-corrected chi connectivity index (χ2v) is 8.78. The van der Waals surface area contributed by atoms with Gasteiger partial charge in [-0.2, -0.15) is 4.98 Å². The van der Waals surface area contributed by atoms with Crippen molar-refractivity contribution in [2.45, 2.75) is 26.6 Å². The summed E-state index contributed by atoms with van der Waals surface area (Å²) < 4.78 is 30.6. The Morgan fingerprint density at radius 1 is 1.13 bits per heavy atom. The van der Waals surface area contributed by atoms with Gasteiger partial charge in [0.1, 0.15) is 29.4 Å². The molecule has 39 heavy (non-hydrogen) atoms. The number of halogens is 2. The smallest absolute Gasteiger partial charge is 0.256 e. The lowest BCUT2D eigenvalue weighted by atomic mass is 9.99. The van der Waals surface area contributed by atoms with E-state index in [9.17, 15) is 23.5 Å². The van der Waals surface area contributed by atoms with Gasteiger partial charge in [-0.05, 0) is 49.7 Å². The van der Waals surface area contributed by atoms with Crippen molar-refractivity contribution in [2.24, 2.45) is 0 Å². The third-order valence-corrected chi connectivity index (χ3v) is 5.98. The van der Waals surface area contributed by atoms with Gasteiger partial charge < -0.3 is 20.7 Å². The highest BCUT2D eigenvalue weighted by Gasteiger charge is 2.21. The summed E-state index contributed by atoms with van der Waals surface area (Å²) in [6, 6.07) is 10.9. The number of anilines is 1. The molecule has 5 aromatic rings. The third kappa shape index (κ3) is 5.09. The van der Waals surface area contributed by atoms with Crippen molar-refractivity contribution in [3.05, 3.63) is 99.9 Å². The number of H-pyrrole nitrogens is 1. The zero-order valence-corrected chi connectivity index (χ0v) is 20.9. The Balaban J connectivity index is 1.77. The van der Waals surface area contributed by atoms with Crippen LogP contribution in [0.3, 0.4) is 0 Å². The minimum atomic E-state index is -1.07. The summed E-state index contributed by atoms with van der Waals surface area (Å²) in [7, 11) is 0. The minimum absolute atomic E-state index is 0.0447. The number of aromatic amines is 1. The molecule has 0 spiro atoms. The summed E-state index contributed by atoms with van der Waals surface area (Å²) in [5.74, 6) is -1.75. The zero-order chi connectivity index (χ0) is 27.7. The van der Waals surface area contributed by atoms with Gasteiger partial charge in [0.2, 0.25) is 5.95 Å². The second-order valence-electron chi connectivity index (χ2n) is 8.78. The Bertz CT molecular complexity index is 1730. The summed E-state index contributed by atoms with van der Waals surface area (Å²) >= 11 is 0. The van der Waals surface area contributed by atoms with Gasteiger partial charge in [0.25, 0.3) is 11.5 Å². The van der Waals surface area contributed by atoms with E-state index in [1.807, 2.05) is 6.92 Å². The third-order valence-electron chi connectivity index (χ3n) is 5.98. The quantitative estimate of drug-likeness (QED) is 0.236. The van der Waals surface area contributed by atoms with Crippen LogP contribution in [0.1, 0.15) is 28.7 Å². The van der Waals surface area contributed by atoms with Gasteiger partial charge in [-0.1, -0.05) is 12.1 Å². The first-order valence-corrected chi connectivity index (χ1v) is 11.9. The Labute approximate surface area is 220 Å². The highest BCUT2D eigenvalue weighted by Crippen LogP contribution is 2.31. The number of carbonyl (C=O) groups excluding carboxylic acids is 1. The molecular formula is C27H23F2N7O3. The van der Waals surface area contributed by atoms with E-state index in [1.165, 1.54) is 25.1 Å². The Kier molecular flexibility index (Phi) is 6.86. The molecule has 1 amide bonds. The molecule has 3 heterocycles. The Morgan fingerprint density at radius 3 is 2.59 bits per heavy atom. The van der Waals surface area contributed by atoms with Crippen molar-refractivity contribution in [2.75, 3.05) is 5.32 Å². The summed E-state index contributed by atoms with van der Waals surface area (Å²) in [6.07, 6.45) is 2.16. The number of aliphatic hydroxyl groups is 1. The lowest BCUT2D eigenvalue weighted by Crippen LogP contribution is -2.32. The number of amides is 1. The predicted octanol–water partition coefficient (Wildman–Crippen LogP) is 3.44. The molecule has 0 aliphatic carbocycles. The van der Waals surface area contributed by atoms with Crippen LogP contribution in [-0.2, 0) is 6.54 Å². The van der Waals surface area contributed by atoms with Crippen molar-refractivity contribution in [3.8, 4) is 16.9 Å². The van der Waals surface area contributed by atoms with Gasteiger partial charge in [-0.25, -0.2) is 18.7 Å². The number of carbonyl (C=O) groups is 1. The van der Waals surface area contributed by atoms with E-state index in [0.29, 0.717) is 22.5 Å². The van der Waals surface area contributed by atoms with E-state index >= 15 is 0 Å². The van der Waals surface area contributed by atoms with Gasteiger partial charge in [-0.15, -0.1) is 0 Å². The molecule has 0 bridgehead atoms. The van der Waals surface area contributed by atoms with E-state index in [-0.39, 0.29) is 23.7 Å². The SMILES string of the molecule is Cc1ccc(C(=O)NC(C)O)cc1-c1nc(NCc2ncc[nH]2)nc2c1ccc(=O)n2-c1c(F)cccc1F. The van der Waals surface area contributed by atoms with E-state index < -0.39 is 35.0 Å². The maximum absolute atomic E-state index is 14.9. The van der Waals surface area contributed by atoms with Crippen LogP contribution in [0.5, 0.6) is 0 Å². The lowest BCUT2D eigenvalue weighted by molar-refractivity contribution is 0.0819. The van der Waals surface area contributed by atoms with E-state index in [1.54, 1.807) is 30.6 Å². The number of imidazole rings is 1. The van der Waals surface area contributed by atoms with Crippen molar-refractivity contribution in [1.29, 1.82) is 0 Å². The lowest BCUT2D eigenvalue weighted by Gasteiger charge is -2.16. The number of hydrogen-bond acceptors (Lipinski definition) is 7. The highest BCUT2D eigenvalue weighted by molar-refractivity contribution is 5.98. The number of nitrogens with one attached hydrogen (secondary N) is 3. The van der Waals surface area contributed by atoms with Crippen LogP contribution in [-0.4, -0.2) is 41.7 Å². The molecule has 0 saturated carbocycles. The number of fused-ring (bicyclic) bond motifs is 1. The highest BCUT2D eigenvalue weighted by atomic mass is 19.1. The fraction of sp³-hybridized carbons (Fsp3) is 0.148. The molecule has 198 valence electrons. The topological polar surface area (TPSA) is 138 Å². The van der Waals surface area contributed by atoms with Crippen LogP contribution in [0.25, 0.3) is 28.0 Å². The van der Waals surface area contributed by atoms with Crippen LogP contribution in [0.4, 0.5) is 14.7 Å². The normalized spacial score (nSPS) is 11.9. The van der Waals surface area contributed by atoms with Gasteiger partial charge >= 0.3 is 0 Å². The number of aliphatic hydroxyl groups excluding tert-OH is 1. The molecule has 5 rings (SSSR count). The average Bonchev–Trinajstić information content (AvgIpc) is 3.42. The van der Waals surface area contributed by atoms with Crippen LogP contribution in [0, 0.1) is 18.6 Å². The van der Waals surface area contributed by atoms with Crippen LogP contribution >= 0.6 is 0 Å². The number of benzene rings is 2. The first-order valence-electron chi connectivity index (χ1n) is 11.9. The monoisotopic (exact) mass is 531 g/mol. The zero-order valence-electron chi connectivity index (χ0n) is 20.9. The molecule has 0 fully saturated rings. The Morgan fingerprint density at radius 2 is 1.90 bits per heavy atom. The maximum Gasteiger partial charge on any atom is 0.256 e. The van der Waals surface area contributed by atoms with Crippen LogP contribution in [0.2, 0.25) is 0 Å². The van der Waals surface area contributed by atoms with Crippen molar-refractivity contribution in [1.82, 2.24) is 29.8 Å². The molecule has 4 N–H and O–H groups in total. The van der Waals surface area contributed by atoms with Gasteiger partial charge in [0.05, 0.1) is 12.2 Å². The van der Waals surface area contributed by atoms with Crippen molar-refractivity contribution >= 4 is 22.9 Å². The summed E-state index contributed by atoms with van der Waals surface area (Å²) in [5.41, 5.74) is 0.498. The molecular weight excluding hydrogens is 508 g/mol. The first kappa shape index (κ1) is 25.7. The number of hydrogen-bond donors (Lipinski definition) is 4. The molecule has 2 aromatic carbocycles. The van der Waals surface area contributed by atoms with E-state index in [4.69, 9.17) is 0 Å². The molecule has 0 aliphatic rings. The minimum Gasteiger partial charge on any atom is -0.374 e. The van der Waals surface area contributed by atoms with Crippen LogP contribution in [0.15, 0.2) is 65.7 Å². The first-order chi connectivity index (χ1) is 18.7. The van der Waals surface area contributed by atoms with Gasteiger partial charge in [-0.3, -0.25) is 14.2 Å². The van der Waals surface area contributed by atoms with Gasteiger partial charge in [0, 0.05) is 35.0 Å². The number of pyridine rings is 1. The molecule has 0 radical (unpaired) electrons. The van der Waals surface area contributed by atoms with E-state index in [0.717, 1.165) is 22.3 Å². The fourth-order valence-corrected chi connectivity index (χ4v) is 4.17. The van der Waals surface area contributed by atoms with E-state index in [2.05, 4.69) is 30.6 Å². The molecule has 3 aromatic heterocycles. The summed E-state index contributed by atoms with van der Waals surface area (Å²) in [6.45, 7) is 3.42. The predicted molar refractivity (Wildman–Crippen MR) is 140 cm³/mol. The fourth-order valence-electron chi connectivity index (χ4n) is 4.17. The van der Waals surface area contributed by atoms with Crippen molar-refractivity contribution in [3.63, 3.8) is 0 Å². The summed E-state index contributed by atoms with van der Waals surface area (Å²) in [5, 5.41) is 15.4. The number of nitrogens with zero attached hydrogens (tertiary/aromatic N) is 4. The molecule has 0 saturated heterocycles. The largest absolute Gasteiger partial charge is 0.374 e. The van der Waals surface area contributed by atoms with Crippen molar-refractivity contribution < 1.29 is 18.7 Å². The van der Waals surface area contributed by atoms with Gasteiger partial charge in [0.15, 0.2) is 5.65 Å². The molecule has 1 unspecified atom stereocenters. The number of para-hydroxylation sites is 1. The molecule has 1 atom stereocenters. The standard InChI is InChI=1S/C27H23F2N7O3/c1-14-6-7-16(26(39)33-15(2)37)12-18(14)23-17-8-9-22(38)36(24-19(28)4-3-5-20(24)29)25(17)35-27(34-23)32-13-21-30-10-11-31-21/h3-12,15,37H,13H2,1-2H3,(H,30,31)(H,33,39)(H,32,34,35). The molecule has 10 nitrogen and oxygen atoms in total. The maximum atomic E-state index is 14.9. The average molecular weight is 532 g/mol. The molecule has 0 aliphatic heterocycles. The number of aryl methyl sites for hydroxylation is 1. The number of rotatable bonds is 7. The number of aromatic nitrogens is 5.